The number of rotatable bonds is 2. The SMILES string of the molecule is O=CC1(c2sccc2Br)CC1. The Bertz CT molecular complexity index is 288. The van der Waals surface area contributed by atoms with Crippen molar-refractivity contribution in [1.82, 2.24) is 0 Å². The summed E-state index contributed by atoms with van der Waals surface area (Å²) in [6.07, 6.45) is 3.13. The summed E-state index contributed by atoms with van der Waals surface area (Å²) in [6.45, 7) is 0. The minimum absolute atomic E-state index is 0.104. The molecule has 1 saturated carbocycles. The molecule has 0 aliphatic heterocycles. The van der Waals surface area contributed by atoms with Crippen LogP contribution in [0.1, 0.15) is 17.7 Å². The smallest absolute Gasteiger partial charge is 0.131 e. The van der Waals surface area contributed by atoms with Crippen LogP contribution in [0.2, 0.25) is 0 Å². The summed E-state index contributed by atoms with van der Waals surface area (Å²) in [5.41, 5.74) is -0.104. The molecule has 1 aliphatic carbocycles. The van der Waals surface area contributed by atoms with Crippen LogP contribution in [0, 0.1) is 0 Å². The summed E-state index contributed by atoms with van der Waals surface area (Å²) in [5.74, 6) is 0. The van der Waals surface area contributed by atoms with Crippen LogP contribution < -0.4 is 0 Å². The lowest BCUT2D eigenvalue weighted by molar-refractivity contribution is -0.109. The van der Waals surface area contributed by atoms with Crippen LogP contribution in [-0.4, -0.2) is 6.29 Å². The number of thiophene rings is 1. The first-order valence-electron chi connectivity index (χ1n) is 3.48. The van der Waals surface area contributed by atoms with E-state index in [4.69, 9.17) is 0 Å². The Morgan fingerprint density at radius 2 is 2.36 bits per heavy atom. The van der Waals surface area contributed by atoms with Gasteiger partial charge in [-0.15, -0.1) is 11.3 Å². The van der Waals surface area contributed by atoms with E-state index < -0.39 is 0 Å². The van der Waals surface area contributed by atoms with E-state index in [9.17, 15) is 4.79 Å². The van der Waals surface area contributed by atoms with Crippen LogP contribution in [0.5, 0.6) is 0 Å². The zero-order valence-electron chi connectivity index (χ0n) is 5.84. The fourth-order valence-corrected chi connectivity index (χ4v) is 3.17. The molecule has 11 heavy (non-hydrogen) atoms. The number of halogens is 1. The van der Waals surface area contributed by atoms with Crippen molar-refractivity contribution in [3.05, 3.63) is 20.8 Å². The number of carbonyl (C=O) groups is 1. The molecule has 1 aromatic rings. The average Bonchev–Trinajstić information content (AvgIpc) is 2.70. The molecule has 0 spiro atoms. The molecule has 3 heteroatoms. The van der Waals surface area contributed by atoms with Gasteiger partial charge in [-0.2, -0.15) is 0 Å². The molecule has 0 aromatic carbocycles. The lowest BCUT2D eigenvalue weighted by atomic mass is 10.1. The van der Waals surface area contributed by atoms with Crippen molar-refractivity contribution in [1.29, 1.82) is 0 Å². The topological polar surface area (TPSA) is 17.1 Å². The quantitative estimate of drug-likeness (QED) is 0.715. The molecular weight excluding hydrogens is 224 g/mol. The van der Waals surface area contributed by atoms with E-state index in [0.29, 0.717) is 0 Å². The maximum atomic E-state index is 10.7. The normalized spacial score (nSPS) is 19.7. The van der Waals surface area contributed by atoms with Gasteiger partial charge in [-0.3, -0.25) is 0 Å². The van der Waals surface area contributed by atoms with Crippen molar-refractivity contribution in [3.8, 4) is 0 Å². The highest BCUT2D eigenvalue weighted by atomic mass is 79.9. The minimum atomic E-state index is -0.104. The molecule has 1 aromatic heterocycles. The third kappa shape index (κ3) is 1.07. The van der Waals surface area contributed by atoms with Gasteiger partial charge in [-0.1, -0.05) is 0 Å². The summed E-state index contributed by atoms with van der Waals surface area (Å²) >= 11 is 5.10. The van der Waals surface area contributed by atoms with Gasteiger partial charge < -0.3 is 4.79 Å². The number of carbonyl (C=O) groups excluding carboxylic acids is 1. The highest BCUT2D eigenvalue weighted by Gasteiger charge is 2.46. The van der Waals surface area contributed by atoms with Crippen molar-refractivity contribution < 1.29 is 4.79 Å². The van der Waals surface area contributed by atoms with E-state index in [1.165, 1.54) is 4.88 Å². The second-order valence-corrected chi connectivity index (χ2v) is 4.64. The van der Waals surface area contributed by atoms with Gasteiger partial charge in [0.2, 0.25) is 0 Å². The summed E-state index contributed by atoms with van der Waals surface area (Å²) in [6, 6.07) is 2.00. The lowest BCUT2D eigenvalue weighted by Gasteiger charge is -2.02. The van der Waals surface area contributed by atoms with Crippen LogP contribution in [0.25, 0.3) is 0 Å². The van der Waals surface area contributed by atoms with Gasteiger partial charge in [0.05, 0.1) is 5.41 Å². The van der Waals surface area contributed by atoms with Crippen molar-refractivity contribution in [2.45, 2.75) is 18.3 Å². The maximum Gasteiger partial charge on any atom is 0.131 e. The van der Waals surface area contributed by atoms with Crippen molar-refractivity contribution in [2.75, 3.05) is 0 Å². The number of aldehydes is 1. The van der Waals surface area contributed by atoms with Crippen LogP contribution in [-0.2, 0) is 10.2 Å². The molecule has 0 unspecified atom stereocenters. The Balaban J connectivity index is 2.43. The number of hydrogen-bond donors (Lipinski definition) is 0. The second kappa shape index (κ2) is 2.42. The Morgan fingerprint density at radius 1 is 1.64 bits per heavy atom. The van der Waals surface area contributed by atoms with Crippen LogP contribution >= 0.6 is 27.3 Å². The van der Waals surface area contributed by atoms with Gasteiger partial charge in [0, 0.05) is 9.35 Å². The molecule has 0 saturated heterocycles. The molecular formula is C8H7BrOS. The standard InChI is InChI=1S/C8H7BrOS/c9-6-1-4-11-7(6)8(5-10)2-3-8/h1,4-5H,2-3H2. The Hall–Kier alpha value is -0.150. The van der Waals surface area contributed by atoms with Crippen LogP contribution in [0.4, 0.5) is 0 Å². The molecule has 58 valence electrons. The maximum absolute atomic E-state index is 10.7. The summed E-state index contributed by atoms with van der Waals surface area (Å²) in [7, 11) is 0. The first kappa shape index (κ1) is 7.50. The van der Waals surface area contributed by atoms with Gasteiger partial charge in [-0.25, -0.2) is 0 Å². The Labute approximate surface area is 77.6 Å². The van der Waals surface area contributed by atoms with Crippen LogP contribution in [0.15, 0.2) is 15.9 Å². The third-order valence-corrected chi connectivity index (χ3v) is 4.14. The largest absolute Gasteiger partial charge is 0.302 e. The Kier molecular flexibility index (Phi) is 1.65. The molecule has 1 aliphatic rings. The highest BCUT2D eigenvalue weighted by Crippen LogP contribution is 2.50. The van der Waals surface area contributed by atoms with Crippen molar-refractivity contribution >= 4 is 33.6 Å². The molecule has 2 rings (SSSR count). The predicted octanol–water partition coefficient (Wildman–Crippen LogP) is 2.74. The highest BCUT2D eigenvalue weighted by molar-refractivity contribution is 9.10. The van der Waals surface area contributed by atoms with E-state index in [1.54, 1.807) is 11.3 Å². The van der Waals surface area contributed by atoms with Crippen LogP contribution in [0.3, 0.4) is 0 Å². The molecule has 0 atom stereocenters. The predicted molar refractivity (Wildman–Crippen MR) is 49.0 cm³/mol. The van der Waals surface area contributed by atoms with Gasteiger partial charge >= 0.3 is 0 Å². The fraction of sp³-hybridized carbons (Fsp3) is 0.375. The second-order valence-electron chi connectivity index (χ2n) is 2.87. The van der Waals surface area contributed by atoms with Gasteiger partial charge in [0.1, 0.15) is 6.29 Å². The zero-order chi connectivity index (χ0) is 7.90. The van der Waals surface area contributed by atoms with Gasteiger partial charge in [-0.05, 0) is 40.2 Å². The monoisotopic (exact) mass is 230 g/mol. The average molecular weight is 231 g/mol. The minimum Gasteiger partial charge on any atom is -0.302 e. The first-order valence-corrected chi connectivity index (χ1v) is 5.15. The van der Waals surface area contributed by atoms with E-state index in [0.717, 1.165) is 23.6 Å². The summed E-state index contributed by atoms with van der Waals surface area (Å²) in [5, 5.41) is 2.02. The molecule has 0 amide bonds. The molecule has 0 N–H and O–H groups in total. The number of hydrogen-bond acceptors (Lipinski definition) is 2. The van der Waals surface area contributed by atoms with Crippen molar-refractivity contribution in [3.63, 3.8) is 0 Å². The summed E-state index contributed by atoms with van der Waals surface area (Å²) in [4.78, 5) is 11.9. The van der Waals surface area contributed by atoms with Gasteiger partial charge in [0.25, 0.3) is 0 Å². The van der Waals surface area contributed by atoms with Gasteiger partial charge in [0.15, 0.2) is 0 Å². The molecule has 1 fully saturated rings. The molecule has 0 bridgehead atoms. The fourth-order valence-electron chi connectivity index (χ4n) is 1.18. The van der Waals surface area contributed by atoms with E-state index in [-0.39, 0.29) is 5.41 Å². The third-order valence-electron chi connectivity index (χ3n) is 2.08. The lowest BCUT2D eigenvalue weighted by Crippen LogP contribution is -2.05. The Morgan fingerprint density at radius 3 is 2.73 bits per heavy atom. The molecule has 1 nitrogen and oxygen atoms in total. The van der Waals surface area contributed by atoms with E-state index in [2.05, 4.69) is 15.9 Å². The first-order chi connectivity index (χ1) is 5.28. The zero-order valence-corrected chi connectivity index (χ0v) is 8.24. The van der Waals surface area contributed by atoms with Crippen molar-refractivity contribution in [2.24, 2.45) is 0 Å². The molecule has 1 heterocycles. The summed E-state index contributed by atoms with van der Waals surface area (Å²) < 4.78 is 1.09. The van der Waals surface area contributed by atoms with E-state index in [1.807, 2.05) is 11.4 Å². The van der Waals surface area contributed by atoms with E-state index >= 15 is 0 Å². The molecule has 0 radical (unpaired) electrons.